The summed E-state index contributed by atoms with van der Waals surface area (Å²) in [6, 6.07) is 25.3. The molecule has 3 aromatic carbocycles. The number of unbranched alkanes of at least 4 members (excludes halogenated alkanes) is 2. The molecule has 6 rings (SSSR count). The Bertz CT molecular complexity index is 1610. The standard InChI is InChI=1S/C42H54N2O6/c1-41(2)22-35-23-42(3,27-41)28-44(35)25-36-21-37(32-14-12-29(26-45)13-15-32)50-40(49-36)33-18-16-31(17-19-33)34-9-7-8-30(20-34)24-43-38(46)10-5-4-6-11-39(47)48/h7-9,12-20,35-37,40,45H,4-6,10-11,21-28H2,1-3H3,(H,43,46)(H,47,48)/t35?,36-,37+,40+,42?/m0/s1. The number of carboxylic acids is 1. The van der Waals surface area contributed by atoms with E-state index < -0.39 is 12.3 Å². The maximum atomic E-state index is 12.3. The molecule has 0 radical (unpaired) electrons. The zero-order valence-electron chi connectivity index (χ0n) is 29.9. The number of ether oxygens (including phenoxy) is 2. The van der Waals surface area contributed by atoms with Crippen molar-refractivity contribution >= 4 is 11.9 Å². The van der Waals surface area contributed by atoms with Crippen LogP contribution in [0.25, 0.3) is 11.1 Å². The highest BCUT2D eigenvalue weighted by molar-refractivity contribution is 5.76. The van der Waals surface area contributed by atoms with Crippen molar-refractivity contribution in [3.8, 4) is 11.1 Å². The Hall–Kier alpha value is -3.56. The van der Waals surface area contributed by atoms with Gasteiger partial charge in [0.05, 0.1) is 18.8 Å². The molecule has 3 aromatic rings. The number of aliphatic hydroxyl groups is 1. The van der Waals surface area contributed by atoms with E-state index in [0.29, 0.717) is 42.7 Å². The number of amides is 1. The number of rotatable bonds is 14. The highest BCUT2D eigenvalue weighted by Crippen LogP contribution is 2.53. The van der Waals surface area contributed by atoms with E-state index in [4.69, 9.17) is 14.6 Å². The van der Waals surface area contributed by atoms with Gasteiger partial charge in [-0.2, -0.15) is 0 Å². The number of nitrogens with one attached hydrogen (secondary N) is 1. The van der Waals surface area contributed by atoms with Crippen LogP contribution in [-0.4, -0.2) is 52.2 Å². The molecule has 8 heteroatoms. The summed E-state index contributed by atoms with van der Waals surface area (Å²) in [5.74, 6) is -0.814. The summed E-state index contributed by atoms with van der Waals surface area (Å²) in [6.45, 7) is 9.78. The van der Waals surface area contributed by atoms with E-state index >= 15 is 0 Å². The fraction of sp³-hybridized carbons (Fsp3) is 0.524. The van der Waals surface area contributed by atoms with Gasteiger partial charge in [0.25, 0.3) is 0 Å². The molecule has 2 heterocycles. The van der Waals surface area contributed by atoms with E-state index in [9.17, 15) is 14.7 Å². The van der Waals surface area contributed by atoms with E-state index in [-0.39, 0.29) is 31.1 Å². The van der Waals surface area contributed by atoms with Crippen LogP contribution < -0.4 is 5.32 Å². The Morgan fingerprint density at radius 2 is 1.60 bits per heavy atom. The van der Waals surface area contributed by atoms with Gasteiger partial charge in [0.15, 0.2) is 6.29 Å². The largest absolute Gasteiger partial charge is 0.481 e. The normalized spacial score (nSPS) is 26.1. The first-order chi connectivity index (χ1) is 24.0. The zero-order chi connectivity index (χ0) is 35.3. The number of likely N-dealkylation sites (tertiary alicyclic amines) is 1. The Kier molecular flexibility index (Phi) is 11.4. The van der Waals surface area contributed by atoms with Crippen LogP contribution >= 0.6 is 0 Å². The third kappa shape index (κ3) is 9.40. The second-order valence-electron chi connectivity index (χ2n) is 16.0. The summed E-state index contributed by atoms with van der Waals surface area (Å²) < 4.78 is 13.4. The first-order valence-electron chi connectivity index (χ1n) is 18.4. The number of nitrogens with zero attached hydrogens (tertiary/aromatic N) is 1. The van der Waals surface area contributed by atoms with E-state index in [0.717, 1.165) is 59.3 Å². The molecule has 2 aliphatic heterocycles. The number of benzene rings is 3. The molecule has 50 heavy (non-hydrogen) atoms. The molecule has 2 unspecified atom stereocenters. The van der Waals surface area contributed by atoms with Gasteiger partial charge in [-0.1, -0.05) is 93.9 Å². The predicted molar refractivity (Wildman–Crippen MR) is 194 cm³/mol. The summed E-state index contributed by atoms with van der Waals surface area (Å²) >= 11 is 0. The first-order valence-corrected chi connectivity index (χ1v) is 18.4. The number of fused-ring (bicyclic) bond motifs is 2. The van der Waals surface area contributed by atoms with Crippen molar-refractivity contribution in [3.63, 3.8) is 0 Å². The Labute approximate surface area is 297 Å². The van der Waals surface area contributed by atoms with Gasteiger partial charge in [0.1, 0.15) is 0 Å². The van der Waals surface area contributed by atoms with Crippen LogP contribution in [0.3, 0.4) is 0 Å². The maximum absolute atomic E-state index is 12.3. The topological polar surface area (TPSA) is 108 Å². The van der Waals surface area contributed by atoms with Crippen LogP contribution in [0.5, 0.6) is 0 Å². The summed E-state index contributed by atoms with van der Waals surface area (Å²) in [7, 11) is 0. The minimum atomic E-state index is -0.795. The lowest BCUT2D eigenvalue weighted by atomic mass is 9.65. The van der Waals surface area contributed by atoms with Crippen molar-refractivity contribution in [3.05, 3.63) is 95.1 Å². The third-order valence-electron chi connectivity index (χ3n) is 10.8. The summed E-state index contributed by atoms with van der Waals surface area (Å²) in [5, 5.41) is 21.4. The smallest absolute Gasteiger partial charge is 0.303 e. The summed E-state index contributed by atoms with van der Waals surface area (Å²) in [6.07, 6.45) is 6.53. The van der Waals surface area contributed by atoms with Crippen molar-refractivity contribution < 1.29 is 29.3 Å². The molecule has 0 spiro atoms. The quantitative estimate of drug-likeness (QED) is 0.148. The van der Waals surface area contributed by atoms with Gasteiger partial charge in [0.2, 0.25) is 5.91 Å². The molecule has 268 valence electrons. The van der Waals surface area contributed by atoms with Crippen molar-refractivity contribution in [1.29, 1.82) is 0 Å². The highest BCUT2D eigenvalue weighted by Gasteiger charge is 2.50. The number of carboxylic acid groups (broad SMARTS) is 1. The number of aliphatic carboxylic acids is 1. The SMILES string of the molecule is CC1(C)CC2CC(C)(CN2C[C@@H]2C[C@H](c3ccc(CO)cc3)O[C@H](c3ccc(-c4cccc(CNC(=O)CCCCCC(=O)O)c4)cc3)O2)C1. The fourth-order valence-electron chi connectivity index (χ4n) is 8.81. The summed E-state index contributed by atoms with van der Waals surface area (Å²) in [4.78, 5) is 25.7. The summed E-state index contributed by atoms with van der Waals surface area (Å²) in [5.41, 5.74) is 6.86. The van der Waals surface area contributed by atoms with Gasteiger partial charge in [-0.05, 0) is 76.8 Å². The molecule has 5 atom stereocenters. The first kappa shape index (κ1) is 36.2. The van der Waals surface area contributed by atoms with Crippen LogP contribution in [0, 0.1) is 10.8 Å². The van der Waals surface area contributed by atoms with Crippen molar-refractivity contribution in [2.75, 3.05) is 13.1 Å². The molecule has 1 amide bonds. The van der Waals surface area contributed by atoms with Crippen LogP contribution in [0.15, 0.2) is 72.8 Å². The molecule has 3 N–H and O–H groups in total. The molecular formula is C42H54N2O6. The number of carbonyl (C=O) groups is 2. The van der Waals surface area contributed by atoms with Crippen LogP contribution in [0.1, 0.15) is 113 Å². The van der Waals surface area contributed by atoms with Crippen molar-refractivity contribution in [1.82, 2.24) is 10.2 Å². The van der Waals surface area contributed by atoms with Crippen molar-refractivity contribution in [2.45, 2.75) is 116 Å². The Morgan fingerprint density at radius 3 is 2.34 bits per heavy atom. The van der Waals surface area contributed by atoms with E-state index in [1.807, 2.05) is 24.3 Å². The third-order valence-corrected chi connectivity index (χ3v) is 10.8. The fourth-order valence-corrected chi connectivity index (χ4v) is 8.81. The molecular weight excluding hydrogens is 628 g/mol. The highest BCUT2D eigenvalue weighted by atomic mass is 16.7. The molecule has 3 aliphatic rings. The monoisotopic (exact) mass is 682 g/mol. The lowest BCUT2D eigenvalue weighted by molar-refractivity contribution is -0.253. The average Bonchev–Trinajstić information content (AvgIpc) is 3.33. The van der Waals surface area contributed by atoms with E-state index in [1.165, 1.54) is 19.3 Å². The average molecular weight is 683 g/mol. The second-order valence-corrected chi connectivity index (χ2v) is 16.0. The molecule has 1 saturated carbocycles. The predicted octanol–water partition coefficient (Wildman–Crippen LogP) is 7.94. The Morgan fingerprint density at radius 1 is 0.860 bits per heavy atom. The van der Waals surface area contributed by atoms with Gasteiger partial charge < -0.3 is 25.0 Å². The van der Waals surface area contributed by atoms with E-state index in [1.54, 1.807) is 0 Å². The Balaban J connectivity index is 1.11. The van der Waals surface area contributed by atoms with Gasteiger partial charge in [-0.25, -0.2) is 0 Å². The van der Waals surface area contributed by atoms with Gasteiger partial charge in [-0.3, -0.25) is 14.5 Å². The molecule has 2 bridgehead atoms. The molecule has 8 nitrogen and oxygen atoms in total. The molecule has 3 fully saturated rings. The number of aliphatic hydroxyl groups excluding tert-OH is 1. The van der Waals surface area contributed by atoms with Crippen molar-refractivity contribution in [2.24, 2.45) is 10.8 Å². The number of hydrogen-bond acceptors (Lipinski definition) is 6. The second kappa shape index (κ2) is 15.8. The van der Waals surface area contributed by atoms with Gasteiger partial charge >= 0.3 is 5.97 Å². The maximum Gasteiger partial charge on any atom is 0.303 e. The lowest BCUT2D eigenvalue weighted by Gasteiger charge is -2.41. The number of hydrogen-bond donors (Lipinski definition) is 3. The molecule has 1 aliphatic carbocycles. The molecule has 0 aromatic heterocycles. The zero-order valence-corrected chi connectivity index (χ0v) is 29.9. The van der Waals surface area contributed by atoms with Crippen LogP contribution in [0.4, 0.5) is 0 Å². The molecule has 2 saturated heterocycles. The van der Waals surface area contributed by atoms with Crippen LogP contribution in [-0.2, 0) is 32.2 Å². The minimum absolute atomic E-state index is 0.0191. The minimum Gasteiger partial charge on any atom is -0.481 e. The number of carbonyl (C=O) groups excluding carboxylic acids is 1. The van der Waals surface area contributed by atoms with Gasteiger partial charge in [-0.15, -0.1) is 0 Å². The van der Waals surface area contributed by atoms with E-state index in [2.05, 4.69) is 79.5 Å². The lowest BCUT2D eigenvalue weighted by Crippen LogP contribution is -2.42. The van der Waals surface area contributed by atoms with Gasteiger partial charge in [0, 0.05) is 50.5 Å². The van der Waals surface area contributed by atoms with Crippen LogP contribution in [0.2, 0.25) is 0 Å².